The summed E-state index contributed by atoms with van der Waals surface area (Å²) >= 11 is 0. The van der Waals surface area contributed by atoms with Gasteiger partial charge in [0.25, 0.3) is 0 Å². The molecule has 0 radical (unpaired) electrons. The van der Waals surface area contributed by atoms with Crippen molar-refractivity contribution < 1.29 is 9.47 Å². The summed E-state index contributed by atoms with van der Waals surface area (Å²) in [5.41, 5.74) is 1.39. The van der Waals surface area contributed by atoms with Gasteiger partial charge in [0.15, 0.2) is 5.96 Å². The number of likely N-dealkylation sites (tertiary alicyclic amines) is 1. The minimum atomic E-state index is 0. The smallest absolute Gasteiger partial charge is 0.191 e. The molecule has 1 unspecified atom stereocenters. The fourth-order valence-electron chi connectivity index (χ4n) is 3.96. The first-order chi connectivity index (χ1) is 13.8. The molecule has 3 rings (SSSR count). The third-order valence-corrected chi connectivity index (χ3v) is 5.59. The number of guanidine groups is 1. The van der Waals surface area contributed by atoms with Crippen molar-refractivity contribution in [1.82, 2.24) is 15.5 Å². The lowest BCUT2D eigenvalue weighted by Gasteiger charge is -2.25. The minimum Gasteiger partial charge on any atom is -0.381 e. The second kappa shape index (κ2) is 14.2. The van der Waals surface area contributed by atoms with Gasteiger partial charge in [0.1, 0.15) is 0 Å². The van der Waals surface area contributed by atoms with E-state index >= 15 is 0 Å². The van der Waals surface area contributed by atoms with Crippen LogP contribution in [0, 0.1) is 0 Å². The van der Waals surface area contributed by atoms with Gasteiger partial charge < -0.3 is 20.1 Å². The zero-order valence-corrected chi connectivity index (χ0v) is 20.0. The van der Waals surface area contributed by atoms with Crippen LogP contribution in [0.5, 0.6) is 0 Å². The SMILES string of the molecule is CN=C(NCCCOC1CCOCC1)NCC1CCCN1Cc1ccccc1.I. The van der Waals surface area contributed by atoms with E-state index in [1.807, 2.05) is 7.05 Å². The number of nitrogens with zero attached hydrogens (tertiary/aromatic N) is 2. The largest absolute Gasteiger partial charge is 0.381 e. The zero-order chi connectivity index (χ0) is 19.4. The molecule has 1 atom stereocenters. The number of aliphatic imine (C=N–C) groups is 1. The van der Waals surface area contributed by atoms with Gasteiger partial charge in [-0.25, -0.2) is 0 Å². The van der Waals surface area contributed by atoms with Gasteiger partial charge in [-0.05, 0) is 44.2 Å². The topological polar surface area (TPSA) is 58.1 Å². The molecule has 0 aliphatic carbocycles. The van der Waals surface area contributed by atoms with Crippen LogP contribution in [-0.2, 0) is 16.0 Å². The number of nitrogens with one attached hydrogen (secondary N) is 2. The van der Waals surface area contributed by atoms with Gasteiger partial charge in [0, 0.05) is 52.5 Å². The van der Waals surface area contributed by atoms with Crippen molar-refractivity contribution in [2.45, 2.75) is 50.8 Å². The summed E-state index contributed by atoms with van der Waals surface area (Å²) in [5, 5.41) is 6.92. The molecule has 2 aliphatic rings. The lowest BCUT2D eigenvalue weighted by molar-refractivity contribution is -0.0320. The highest BCUT2D eigenvalue weighted by molar-refractivity contribution is 14.0. The molecule has 0 amide bonds. The molecule has 0 aromatic heterocycles. The van der Waals surface area contributed by atoms with Crippen LogP contribution in [0.4, 0.5) is 0 Å². The van der Waals surface area contributed by atoms with Crippen molar-refractivity contribution >= 4 is 29.9 Å². The van der Waals surface area contributed by atoms with E-state index in [1.54, 1.807) is 0 Å². The van der Waals surface area contributed by atoms with Gasteiger partial charge >= 0.3 is 0 Å². The van der Waals surface area contributed by atoms with Gasteiger partial charge in [0.05, 0.1) is 6.10 Å². The monoisotopic (exact) mass is 516 g/mol. The van der Waals surface area contributed by atoms with Crippen LogP contribution in [0.25, 0.3) is 0 Å². The van der Waals surface area contributed by atoms with E-state index in [9.17, 15) is 0 Å². The van der Waals surface area contributed by atoms with Gasteiger partial charge in [0.2, 0.25) is 0 Å². The minimum absolute atomic E-state index is 0. The summed E-state index contributed by atoms with van der Waals surface area (Å²) in [7, 11) is 1.84. The molecule has 0 bridgehead atoms. The van der Waals surface area contributed by atoms with Gasteiger partial charge in [-0.15, -0.1) is 24.0 Å². The Labute approximate surface area is 192 Å². The van der Waals surface area contributed by atoms with Crippen LogP contribution in [0.3, 0.4) is 0 Å². The number of hydrogen-bond acceptors (Lipinski definition) is 4. The molecule has 164 valence electrons. The fraction of sp³-hybridized carbons (Fsp3) is 0.682. The Balaban J connectivity index is 0.00000300. The lowest BCUT2D eigenvalue weighted by atomic mass is 10.1. The Morgan fingerprint density at radius 2 is 1.97 bits per heavy atom. The number of benzene rings is 1. The van der Waals surface area contributed by atoms with Crippen LogP contribution >= 0.6 is 24.0 Å². The predicted octanol–water partition coefficient (Wildman–Crippen LogP) is 3.02. The number of hydrogen-bond donors (Lipinski definition) is 2. The first-order valence-electron chi connectivity index (χ1n) is 10.8. The Morgan fingerprint density at radius 1 is 1.17 bits per heavy atom. The lowest BCUT2D eigenvalue weighted by Crippen LogP contribution is -2.45. The van der Waals surface area contributed by atoms with Crippen LogP contribution < -0.4 is 10.6 Å². The standard InChI is InChI=1S/C22H36N4O2.HI/c1-23-22(24-12-6-14-28-21-10-15-27-16-11-21)25-17-20-9-5-13-26(20)18-19-7-3-2-4-8-19;/h2-4,7-8,20-21H,5-6,9-18H2,1H3,(H2,23,24,25);1H. The second-order valence-electron chi connectivity index (χ2n) is 7.67. The van der Waals surface area contributed by atoms with Crippen molar-refractivity contribution in [2.24, 2.45) is 4.99 Å². The van der Waals surface area contributed by atoms with E-state index in [0.29, 0.717) is 12.1 Å². The Hall–Kier alpha value is -0.900. The molecule has 2 heterocycles. The highest BCUT2D eigenvalue weighted by Crippen LogP contribution is 2.19. The number of ether oxygens (including phenoxy) is 2. The maximum absolute atomic E-state index is 5.92. The van der Waals surface area contributed by atoms with E-state index in [4.69, 9.17) is 9.47 Å². The quantitative estimate of drug-likeness (QED) is 0.229. The van der Waals surface area contributed by atoms with Gasteiger partial charge in [-0.3, -0.25) is 9.89 Å². The van der Waals surface area contributed by atoms with Crippen molar-refractivity contribution in [2.75, 3.05) is 46.5 Å². The van der Waals surface area contributed by atoms with Crippen LogP contribution in [0.2, 0.25) is 0 Å². The molecular weight excluding hydrogens is 479 g/mol. The Bertz CT molecular complexity index is 581. The van der Waals surface area contributed by atoms with Gasteiger partial charge in [-0.2, -0.15) is 0 Å². The van der Waals surface area contributed by atoms with Crippen molar-refractivity contribution in [1.29, 1.82) is 0 Å². The Kier molecular flexibility index (Phi) is 11.9. The predicted molar refractivity (Wildman–Crippen MR) is 129 cm³/mol. The van der Waals surface area contributed by atoms with E-state index in [-0.39, 0.29) is 24.0 Å². The van der Waals surface area contributed by atoms with Crippen LogP contribution in [0.15, 0.2) is 35.3 Å². The van der Waals surface area contributed by atoms with Gasteiger partial charge in [-0.1, -0.05) is 30.3 Å². The normalized spacial score (nSPS) is 21.0. The number of rotatable bonds is 9. The number of halogens is 1. The van der Waals surface area contributed by atoms with E-state index in [2.05, 4.69) is 50.9 Å². The first kappa shape index (κ1) is 24.4. The van der Waals surface area contributed by atoms with E-state index in [0.717, 1.165) is 64.7 Å². The molecule has 1 aromatic carbocycles. The maximum Gasteiger partial charge on any atom is 0.191 e. The maximum atomic E-state index is 5.92. The molecule has 6 nitrogen and oxygen atoms in total. The summed E-state index contributed by atoms with van der Waals surface area (Å²) in [6, 6.07) is 11.3. The summed E-state index contributed by atoms with van der Waals surface area (Å²) in [6.45, 7) is 6.48. The molecule has 2 N–H and O–H groups in total. The summed E-state index contributed by atoms with van der Waals surface area (Å²) in [5.74, 6) is 0.887. The van der Waals surface area contributed by atoms with Crippen LogP contribution in [-0.4, -0.2) is 69.5 Å². The molecule has 0 saturated carbocycles. The molecule has 0 spiro atoms. The fourth-order valence-corrected chi connectivity index (χ4v) is 3.96. The zero-order valence-electron chi connectivity index (χ0n) is 17.6. The average Bonchev–Trinajstić information content (AvgIpc) is 3.18. The van der Waals surface area contributed by atoms with Crippen molar-refractivity contribution in [3.63, 3.8) is 0 Å². The molecule has 2 saturated heterocycles. The summed E-state index contributed by atoms with van der Waals surface area (Å²) in [6.07, 6.45) is 5.94. The third kappa shape index (κ3) is 8.78. The van der Waals surface area contributed by atoms with Crippen molar-refractivity contribution in [3.8, 4) is 0 Å². The van der Waals surface area contributed by atoms with E-state index < -0.39 is 0 Å². The third-order valence-electron chi connectivity index (χ3n) is 5.59. The molecule has 2 fully saturated rings. The van der Waals surface area contributed by atoms with Crippen LogP contribution in [0.1, 0.15) is 37.7 Å². The van der Waals surface area contributed by atoms with Crippen molar-refractivity contribution in [3.05, 3.63) is 35.9 Å². The summed E-state index contributed by atoms with van der Waals surface area (Å²) < 4.78 is 11.3. The molecule has 7 heteroatoms. The highest BCUT2D eigenvalue weighted by Gasteiger charge is 2.24. The average molecular weight is 516 g/mol. The highest BCUT2D eigenvalue weighted by atomic mass is 127. The molecular formula is C22H37IN4O2. The van der Waals surface area contributed by atoms with E-state index in [1.165, 1.54) is 24.9 Å². The summed E-state index contributed by atoms with van der Waals surface area (Å²) in [4.78, 5) is 6.94. The molecule has 29 heavy (non-hydrogen) atoms. The molecule has 1 aromatic rings. The Morgan fingerprint density at radius 3 is 2.72 bits per heavy atom. The second-order valence-corrected chi connectivity index (χ2v) is 7.67. The molecule has 2 aliphatic heterocycles. The first-order valence-corrected chi connectivity index (χ1v) is 10.8.